The van der Waals surface area contributed by atoms with Gasteiger partial charge in [0.1, 0.15) is 5.78 Å². The molecule has 2 saturated carbocycles. The summed E-state index contributed by atoms with van der Waals surface area (Å²) in [7, 11) is 0. The summed E-state index contributed by atoms with van der Waals surface area (Å²) in [5, 5.41) is 9.24. The number of Topliss-reactive ketones (excluding diaryl/α,β-unsaturated/α-hetero) is 1. The van der Waals surface area contributed by atoms with Gasteiger partial charge in [-0.3, -0.25) is 9.69 Å². The minimum atomic E-state index is 0.220. The highest BCUT2D eigenvalue weighted by Gasteiger charge is 2.28. The molecule has 0 heterocycles. The van der Waals surface area contributed by atoms with E-state index in [1.165, 1.54) is 38.5 Å². The highest BCUT2D eigenvalue weighted by Crippen LogP contribution is 2.26. The zero-order valence-electron chi connectivity index (χ0n) is 11.4. The summed E-state index contributed by atoms with van der Waals surface area (Å²) in [5.74, 6) is 0.701. The van der Waals surface area contributed by atoms with Gasteiger partial charge in [-0.25, -0.2) is 0 Å². The number of aliphatic hydroxyl groups excluding tert-OH is 1. The largest absolute Gasteiger partial charge is 0.395 e. The van der Waals surface area contributed by atoms with Crippen LogP contribution in [0.2, 0.25) is 0 Å². The van der Waals surface area contributed by atoms with Crippen LogP contribution in [0.1, 0.15) is 57.8 Å². The summed E-state index contributed by atoms with van der Waals surface area (Å²) in [5.41, 5.74) is 0. The Kier molecular flexibility index (Phi) is 5.64. The molecule has 1 atom stereocenters. The van der Waals surface area contributed by atoms with Gasteiger partial charge in [0.15, 0.2) is 0 Å². The lowest BCUT2D eigenvalue weighted by atomic mass is 9.86. The third kappa shape index (κ3) is 3.79. The lowest BCUT2D eigenvalue weighted by Gasteiger charge is -2.36. The average molecular weight is 253 g/mol. The van der Waals surface area contributed by atoms with Crippen molar-refractivity contribution in [1.29, 1.82) is 0 Å². The number of rotatable bonds is 5. The highest BCUT2D eigenvalue weighted by atomic mass is 16.3. The van der Waals surface area contributed by atoms with Crippen LogP contribution in [0.25, 0.3) is 0 Å². The Bertz CT molecular complexity index is 261. The van der Waals surface area contributed by atoms with Crippen LogP contribution in [0.5, 0.6) is 0 Å². The minimum Gasteiger partial charge on any atom is -0.395 e. The van der Waals surface area contributed by atoms with Gasteiger partial charge in [-0.1, -0.05) is 25.7 Å². The Labute approximate surface area is 111 Å². The number of carbonyl (C=O) groups excluding carboxylic acids is 1. The molecule has 1 N–H and O–H groups in total. The van der Waals surface area contributed by atoms with Crippen molar-refractivity contribution in [1.82, 2.24) is 4.90 Å². The van der Waals surface area contributed by atoms with Gasteiger partial charge in [0.05, 0.1) is 6.61 Å². The van der Waals surface area contributed by atoms with Gasteiger partial charge in [-0.2, -0.15) is 0 Å². The van der Waals surface area contributed by atoms with Crippen molar-refractivity contribution in [3.63, 3.8) is 0 Å². The topological polar surface area (TPSA) is 40.5 Å². The standard InChI is InChI=1S/C15H27NO2/c17-11-10-16(14-7-2-1-3-8-14)12-13-6-4-5-9-15(13)18/h13-14,17H,1-12H2. The lowest BCUT2D eigenvalue weighted by molar-refractivity contribution is -0.125. The molecule has 0 aromatic carbocycles. The van der Waals surface area contributed by atoms with Crippen molar-refractivity contribution in [3.8, 4) is 0 Å². The van der Waals surface area contributed by atoms with Gasteiger partial charge in [0, 0.05) is 31.5 Å². The van der Waals surface area contributed by atoms with Gasteiger partial charge < -0.3 is 5.11 Å². The molecule has 2 aliphatic rings. The summed E-state index contributed by atoms with van der Waals surface area (Å²) >= 11 is 0. The first-order chi connectivity index (χ1) is 8.81. The van der Waals surface area contributed by atoms with E-state index >= 15 is 0 Å². The van der Waals surface area contributed by atoms with Gasteiger partial charge in [0.25, 0.3) is 0 Å². The molecule has 0 amide bonds. The van der Waals surface area contributed by atoms with Crippen molar-refractivity contribution in [2.45, 2.75) is 63.8 Å². The molecule has 0 aliphatic heterocycles. The molecule has 104 valence electrons. The minimum absolute atomic E-state index is 0.220. The van der Waals surface area contributed by atoms with Crippen LogP contribution in [0.15, 0.2) is 0 Å². The number of hydrogen-bond donors (Lipinski definition) is 1. The Hall–Kier alpha value is -0.410. The summed E-state index contributed by atoms with van der Waals surface area (Å²) in [4.78, 5) is 14.3. The van der Waals surface area contributed by atoms with Crippen molar-refractivity contribution in [2.24, 2.45) is 5.92 Å². The van der Waals surface area contributed by atoms with E-state index in [0.29, 0.717) is 11.8 Å². The molecule has 1 unspecified atom stereocenters. The van der Waals surface area contributed by atoms with E-state index in [9.17, 15) is 9.90 Å². The number of hydrogen-bond acceptors (Lipinski definition) is 3. The van der Waals surface area contributed by atoms with Crippen molar-refractivity contribution < 1.29 is 9.90 Å². The van der Waals surface area contributed by atoms with Crippen molar-refractivity contribution in [3.05, 3.63) is 0 Å². The Morgan fingerprint density at radius 3 is 2.44 bits per heavy atom. The van der Waals surface area contributed by atoms with Crippen molar-refractivity contribution >= 4 is 5.78 Å². The Balaban J connectivity index is 1.89. The van der Waals surface area contributed by atoms with Crippen molar-refractivity contribution in [2.75, 3.05) is 19.7 Å². The molecular weight excluding hydrogens is 226 g/mol. The van der Waals surface area contributed by atoms with Crippen LogP contribution in [-0.2, 0) is 4.79 Å². The maximum Gasteiger partial charge on any atom is 0.137 e. The molecule has 3 nitrogen and oxygen atoms in total. The zero-order valence-corrected chi connectivity index (χ0v) is 11.4. The molecule has 0 saturated heterocycles. The van der Waals surface area contributed by atoms with Gasteiger partial charge in [0.2, 0.25) is 0 Å². The fourth-order valence-corrected chi connectivity index (χ4v) is 3.53. The smallest absolute Gasteiger partial charge is 0.137 e. The maximum absolute atomic E-state index is 11.9. The second-order valence-electron chi connectivity index (χ2n) is 5.92. The molecule has 18 heavy (non-hydrogen) atoms. The summed E-state index contributed by atoms with van der Waals surface area (Å²) < 4.78 is 0. The maximum atomic E-state index is 11.9. The summed E-state index contributed by atoms with van der Waals surface area (Å²) in [6.45, 7) is 1.86. The second kappa shape index (κ2) is 7.25. The zero-order chi connectivity index (χ0) is 12.8. The normalized spacial score (nSPS) is 26.8. The molecular formula is C15H27NO2. The molecule has 3 heteroatoms. The van der Waals surface area contributed by atoms with E-state index in [1.54, 1.807) is 0 Å². The molecule has 0 aromatic heterocycles. The highest BCUT2D eigenvalue weighted by molar-refractivity contribution is 5.81. The predicted octanol–water partition coefficient (Wildman–Crippen LogP) is 2.37. The molecule has 0 spiro atoms. The van der Waals surface area contributed by atoms with Crippen LogP contribution in [0, 0.1) is 5.92 Å². The fourth-order valence-electron chi connectivity index (χ4n) is 3.53. The number of aliphatic hydroxyl groups is 1. The summed E-state index contributed by atoms with van der Waals surface area (Å²) in [6, 6.07) is 0.612. The quantitative estimate of drug-likeness (QED) is 0.818. The predicted molar refractivity (Wildman–Crippen MR) is 72.5 cm³/mol. The average Bonchev–Trinajstić information content (AvgIpc) is 2.42. The monoisotopic (exact) mass is 253 g/mol. The third-order valence-electron chi connectivity index (χ3n) is 4.61. The van der Waals surface area contributed by atoms with Gasteiger partial charge in [-0.15, -0.1) is 0 Å². The van der Waals surface area contributed by atoms with E-state index in [1.807, 2.05) is 0 Å². The van der Waals surface area contributed by atoms with Gasteiger partial charge >= 0.3 is 0 Å². The Morgan fingerprint density at radius 1 is 1.06 bits per heavy atom. The van der Waals surface area contributed by atoms with Crippen LogP contribution >= 0.6 is 0 Å². The van der Waals surface area contributed by atoms with E-state index in [-0.39, 0.29) is 12.5 Å². The molecule has 0 bridgehead atoms. The molecule has 2 rings (SSSR count). The first-order valence-electron chi connectivity index (χ1n) is 7.69. The van der Waals surface area contributed by atoms with Gasteiger partial charge in [-0.05, 0) is 25.7 Å². The molecule has 0 aromatic rings. The van der Waals surface area contributed by atoms with Crippen LogP contribution in [0.4, 0.5) is 0 Å². The fraction of sp³-hybridized carbons (Fsp3) is 0.933. The van der Waals surface area contributed by atoms with E-state index in [4.69, 9.17) is 0 Å². The summed E-state index contributed by atoms with van der Waals surface area (Å²) in [6.07, 6.45) is 10.6. The first-order valence-corrected chi connectivity index (χ1v) is 7.69. The van der Waals surface area contributed by atoms with E-state index in [2.05, 4.69) is 4.90 Å². The molecule has 0 radical (unpaired) electrons. The number of nitrogens with zero attached hydrogens (tertiary/aromatic N) is 1. The second-order valence-corrected chi connectivity index (χ2v) is 5.92. The van der Waals surface area contributed by atoms with Crippen LogP contribution in [0.3, 0.4) is 0 Å². The SMILES string of the molecule is O=C1CCCCC1CN(CCO)C1CCCCC1. The van der Waals surface area contributed by atoms with Crippen LogP contribution < -0.4 is 0 Å². The number of carbonyl (C=O) groups is 1. The van der Waals surface area contributed by atoms with E-state index in [0.717, 1.165) is 32.4 Å². The number of ketones is 1. The Morgan fingerprint density at radius 2 is 1.78 bits per heavy atom. The first kappa shape index (κ1) is 14.0. The molecule has 2 aliphatic carbocycles. The molecule has 2 fully saturated rings. The third-order valence-corrected chi connectivity index (χ3v) is 4.61. The van der Waals surface area contributed by atoms with E-state index < -0.39 is 0 Å². The lowest BCUT2D eigenvalue weighted by Crippen LogP contribution is -2.43. The van der Waals surface area contributed by atoms with Crippen LogP contribution in [-0.4, -0.2) is 41.5 Å².